The number of unbranched alkanes of at least 4 members (excludes halogenated alkanes) is 1. The number of aliphatic hydroxyl groups is 3. The van der Waals surface area contributed by atoms with Gasteiger partial charge in [-0.15, -0.1) is 0 Å². The molecule has 2 aromatic carbocycles. The molecule has 108 heavy (non-hydrogen) atoms. The Kier molecular flexibility index (Phi) is 37.1. The van der Waals surface area contributed by atoms with E-state index in [4.69, 9.17) is 16.3 Å². The molecule has 12 atom stereocenters. The highest BCUT2D eigenvalue weighted by Crippen LogP contribution is 2.27. The Morgan fingerprint density at radius 1 is 0.583 bits per heavy atom. The van der Waals surface area contributed by atoms with E-state index >= 15 is 38.4 Å². The number of likely N-dealkylation sites (tertiary alicyclic amines) is 1. The van der Waals surface area contributed by atoms with Gasteiger partial charge in [0.2, 0.25) is 65.0 Å². The molecule has 7 N–H and O–H groups in total. The summed E-state index contributed by atoms with van der Waals surface area (Å²) < 4.78 is 47.8. The Labute approximate surface area is 641 Å². The van der Waals surface area contributed by atoms with E-state index in [-0.39, 0.29) is 74.5 Å². The van der Waals surface area contributed by atoms with Gasteiger partial charge in [0.05, 0.1) is 43.9 Å². The van der Waals surface area contributed by atoms with E-state index in [2.05, 4.69) is 21.3 Å². The standard InChI is InChI=1S/C77H122ClF3N12O15/c1-18-19-34-93-45-65(98)88(14)61(41-51-28-22-20-23-29-51)74(106)91(17)58(38-48(4)5)68(100)84-56(46-108-76(9,10)11)72(104)90(16)57(37-47(2)3)67(99)83-55(73(105)92-35-24-21-25-36-92)43-63(96)86(12)44-64(97)87(13)60(42-52-30-26-31-53(78)40-52)69(101)82-54(32-27-33-62(95)77(79,80)81)71(103)89(15)59(39-49(6)7)70(102)85-66(50(8)94)75(93)107/h20,22-23,26,28-31,40,47-50,54-62,66,75,94-95,107H,18-19,21,24-25,27,32-39,41-46H2,1-17H3,(H,82,101)(H,83,99)(H,84,100)(H,85,102)/t50-,54+,55+,56+,57+,58+,59+,60+,61+,62?,66+,75?/m1/s1. The molecule has 0 spiro atoms. The molecular weight excluding hydrogens is 1430 g/mol. The first-order chi connectivity index (χ1) is 50.4. The van der Waals surface area contributed by atoms with Crippen LogP contribution in [0, 0.1) is 17.8 Å². The minimum Gasteiger partial charge on any atom is -0.391 e. The molecule has 0 saturated carbocycles. The average Bonchev–Trinajstić information content (AvgIpc) is 0.815. The topological polar surface area (TPSA) is 332 Å². The molecule has 2 fully saturated rings. The number of likely N-dealkylation sites (N-methyl/N-ethyl adjacent to an activating group) is 6. The van der Waals surface area contributed by atoms with Crippen LogP contribution in [0.25, 0.3) is 0 Å². The van der Waals surface area contributed by atoms with E-state index < -0.39 is 195 Å². The zero-order valence-corrected chi connectivity index (χ0v) is 67.1. The third kappa shape index (κ3) is 28.7. The lowest BCUT2D eigenvalue weighted by Gasteiger charge is -2.39. The van der Waals surface area contributed by atoms with E-state index in [0.29, 0.717) is 36.8 Å². The second-order valence-corrected chi connectivity index (χ2v) is 31.7. The summed E-state index contributed by atoms with van der Waals surface area (Å²) in [5, 5.41) is 45.4. The molecule has 2 aromatic rings. The quantitative estimate of drug-likeness (QED) is 0.0872. The van der Waals surface area contributed by atoms with Crippen molar-refractivity contribution in [3.8, 4) is 0 Å². The van der Waals surface area contributed by atoms with Gasteiger partial charge in [-0.1, -0.05) is 109 Å². The number of alkyl halides is 3. The molecule has 0 aromatic heterocycles. The van der Waals surface area contributed by atoms with Crippen molar-refractivity contribution in [3.05, 3.63) is 70.7 Å². The van der Waals surface area contributed by atoms with Crippen LogP contribution >= 0.6 is 11.6 Å². The second-order valence-electron chi connectivity index (χ2n) is 31.3. The molecular formula is C77H122ClF3N12O15. The fourth-order valence-corrected chi connectivity index (χ4v) is 13.3. The molecule has 2 saturated heterocycles. The van der Waals surface area contributed by atoms with E-state index in [1.165, 1.54) is 74.9 Å². The number of benzene rings is 2. The third-order valence-corrected chi connectivity index (χ3v) is 20.0. The number of hydrogen-bond acceptors (Lipinski definition) is 16. The number of amides is 11. The number of rotatable bonds is 21. The van der Waals surface area contributed by atoms with Gasteiger partial charge in [0, 0.05) is 79.8 Å². The van der Waals surface area contributed by atoms with Crippen molar-refractivity contribution in [2.75, 3.05) is 81.6 Å². The summed E-state index contributed by atoms with van der Waals surface area (Å²) >= 11 is 6.43. The number of piperidine rings is 1. The number of carbonyl (C=O) groups excluding carboxylic acids is 11. The maximum absolute atomic E-state index is 15.5. The first-order valence-electron chi connectivity index (χ1n) is 37.7. The zero-order chi connectivity index (χ0) is 81.4. The van der Waals surface area contributed by atoms with Crippen molar-refractivity contribution in [2.24, 2.45) is 17.8 Å². The number of ether oxygens (including phenoxy) is 1. The molecule has 0 radical (unpaired) electrons. The minimum atomic E-state index is -5.07. The van der Waals surface area contributed by atoms with E-state index in [1.807, 2.05) is 20.8 Å². The lowest BCUT2D eigenvalue weighted by atomic mass is 9.98. The van der Waals surface area contributed by atoms with Gasteiger partial charge in [0.25, 0.3) is 0 Å². The van der Waals surface area contributed by atoms with Gasteiger partial charge < -0.3 is 75.6 Å². The molecule has 4 rings (SSSR count). The van der Waals surface area contributed by atoms with E-state index in [1.54, 1.807) is 97.0 Å². The Morgan fingerprint density at radius 2 is 1.06 bits per heavy atom. The third-order valence-electron chi connectivity index (χ3n) is 19.7. The van der Waals surface area contributed by atoms with Crippen LogP contribution in [0.15, 0.2) is 54.6 Å². The molecule has 2 aliphatic heterocycles. The number of hydrogen-bond donors (Lipinski definition) is 7. The van der Waals surface area contributed by atoms with Crippen LogP contribution in [0.5, 0.6) is 0 Å². The number of aliphatic hydroxyl groups excluding tert-OH is 3. The van der Waals surface area contributed by atoms with Gasteiger partial charge in [-0.05, 0) is 133 Å². The summed E-state index contributed by atoms with van der Waals surface area (Å²) in [6, 6.07) is 1.42. The summed E-state index contributed by atoms with van der Waals surface area (Å²) in [5.74, 6) is -10.1. The maximum Gasteiger partial charge on any atom is 0.414 e. The molecule has 0 bridgehead atoms. The van der Waals surface area contributed by atoms with Gasteiger partial charge in [-0.25, -0.2) is 0 Å². The molecule has 2 unspecified atom stereocenters. The van der Waals surface area contributed by atoms with Crippen LogP contribution < -0.4 is 21.3 Å². The average molecular weight is 1550 g/mol. The fourth-order valence-electron chi connectivity index (χ4n) is 13.1. The minimum absolute atomic E-state index is 0.00116. The van der Waals surface area contributed by atoms with Gasteiger partial charge in [-0.2, -0.15) is 13.2 Å². The van der Waals surface area contributed by atoms with Crippen molar-refractivity contribution in [2.45, 2.75) is 251 Å². The Hall–Kier alpha value is -7.51. The van der Waals surface area contributed by atoms with Crippen LogP contribution in [0.1, 0.15) is 164 Å². The van der Waals surface area contributed by atoms with Crippen molar-refractivity contribution in [1.29, 1.82) is 0 Å². The SMILES string of the molecule is CCCCN1CC(=O)N(C)[C@@H](Cc2ccccc2)C(=O)N(C)[C@@H](CC(C)C)C(=O)N[C@@H](COC(C)(C)C)C(=O)N(C)[C@@H](CC(C)C)C(=O)N[C@H](C(=O)N2CCCCC2)CC(=O)N(C)CC(=O)N(C)[C@@H](Cc2cccc(Cl)c2)C(=O)N[C@@H](CCCC(O)C(F)(F)F)C(=O)N(C)[C@@H](CC(C)C)C(=O)N[C@@H]([C@@H](C)O)C1O. The number of halogens is 4. The van der Waals surface area contributed by atoms with Crippen LogP contribution in [-0.2, 0) is 70.3 Å². The van der Waals surface area contributed by atoms with Crippen molar-refractivity contribution < 1.29 is 86.0 Å². The number of nitrogens with zero attached hydrogens (tertiary/aromatic N) is 8. The zero-order valence-electron chi connectivity index (χ0n) is 66.3. The predicted octanol–water partition coefficient (Wildman–Crippen LogP) is 4.92. The van der Waals surface area contributed by atoms with Crippen LogP contribution in [0.3, 0.4) is 0 Å². The normalized spacial score (nSPS) is 24.8. The lowest BCUT2D eigenvalue weighted by molar-refractivity contribution is -0.205. The Morgan fingerprint density at radius 3 is 1.58 bits per heavy atom. The first-order valence-corrected chi connectivity index (χ1v) is 38.1. The summed E-state index contributed by atoms with van der Waals surface area (Å²) in [7, 11) is 7.88. The Bertz CT molecular complexity index is 3300. The summed E-state index contributed by atoms with van der Waals surface area (Å²) in [6.07, 6.45) is -11.6. The summed E-state index contributed by atoms with van der Waals surface area (Å²) in [4.78, 5) is 175. The fraction of sp³-hybridized carbons (Fsp3) is 0.701. The van der Waals surface area contributed by atoms with Gasteiger partial charge in [-0.3, -0.25) is 57.6 Å². The highest BCUT2D eigenvalue weighted by atomic mass is 35.5. The lowest BCUT2D eigenvalue weighted by Crippen LogP contribution is -2.63. The largest absolute Gasteiger partial charge is 0.414 e. The maximum atomic E-state index is 15.5. The molecule has 11 amide bonds. The monoisotopic (exact) mass is 1550 g/mol. The summed E-state index contributed by atoms with van der Waals surface area (Å²) in [6.45, 7) is 17.9. The summed E-state index contributed by atoms with van der Waals surface area (Å²) in [5.41, 5.74) is 0.118. The van der Waals surface area contributed by atoms with Crippen LogP contribution in [0.2, 0.25) is 5.02 Å². The van der Waals surface area contributed by atoms with Crippen LogP contribution in [-0.4, -0.2) is 286 Å². The molecule has 2 aliphatic rings. The Balaban J connectivity index is 2.04. The number of carbonyl (C=O) groups is 11. The number of nitrogens with one attached hydrogen (secondary N) is 4. The van der Waals surface area contributed by atoms with Gasteiger partial charge >= 0.3 is 6.18 Å². The highest BCUT2D eigenvalue weighted by Gasteiger charge is 2.45. The second kappa shape index (κ2) is 43.2. The molecule has 31 heteroatoms. The van der Waals surface area contributed by atoms with Crippen LogP contribution in [0.4, 0.5) is 13.2 Å². The smallest absolute Gasteiger partial charge is 0.391 e. The first kappa shape index (κ1) is 92.9. The van der Waals surface area contributed by atoms with Gasteiger partial charge in [0.15, 0.2) is 0 Å². The predicted molar refractivity (Wildman–Crippen MR) is 403 cm³/mol. The molecule has 2 heterocycles. The van der Waals surface area contributed by atoms with Gasteiger partial charge in [0.1, 0.15) is 60.7 Å². The van der Waals surface area contributed by atoms with E-state index in [0.717, 1.165) is 26.0 Å². The molecule has 608 valence electrons. The molecule has 0 aliphatic carbocycles. The van der Waals surface area contributed by atoms with Crippen molar-refractivity contribution in [1.82, 2.24) is 60.5 Å². The highest BCUT2D eigenvalue weighted by molar-refractivity contribution is 6.30. The van der Waals surface area contributed by atoms with E-state index in [9.17, 15) is 42.9 Å². The van der Waals surface area contributed by atoms with Crippen molar-refractivity contribution in [3.63, 3.8) is 0 Å². The van der Waals surface area contributed by atoms with Crippen molar-refractivity contribution >= 4 is 76.6 Å². The molecule has 27 nitrogen and oxygen atoms in total.